The summed E-state index contributed by atoms with van der Waals surface area (Å²) in [4.78, 5) is 0. The lowest BCUT2D eigenvalue weighted by Gasteiger charge is -2.39. The van der Waals surface area contributed by atoms with Gasteiger partial charge in [0, 0.05) is 0 Å². The Hall–Kier alpha value is -0.240. The quantitative estimate of drug-likeness (QED) is 0.472. The van der Waals surface area contributed by atoms with Gasteiger partial charge >= 0.3 is 0 Å². The Morgan fingerprint density at radius 1 is 1.12 bits per heavy atom. The third kappa shape index (κ3) is 3.13. The van der Waals surface area contributed by atoms with Gasteiger partial charge in [-0.1, -0.05) is 13.8 Å². The van der Waals surface area contributed by atoms with Gasteiger partial charge in [-0.05, 0) is 5.92 Å². The lowest BCUT2D eigenvalue weighted by Crippen LogP contribution is -2.59. The molecule has 96 valence electrons. The highest BCUT2D eigenvalue weighted by Gasteiger charge is 2.43. The van der Waals surface area contributed by atoms with Gasteiger partial charge in [-0.2, -0.15) is 0 Å². The minimum Gasteiger partial charge on any atom is -0.394 e. The molecule has 1 heterocycles. The molecule has 0 saturated carbocycles. The van der Waals surface area contributed by atoms with Crippen LogP contribution in [0.25, 0.3) is 0 Å². The molecule has 0 aromatic heterocycles. The summed E-state index contributed by atoms with van der Waals surface area (Å²) in [5.41, 5.74) is 0. The van der Waals surface area contributed by atoms with Crippen molar-refractivity contribution in [1.82, 2.24) is 0 Å². The molecule has 1 rings (SSSR count). The largest absolute Gasteiger partial charge is 0.394 e. The number of rotatable bonds is 4. The highest BCUT2D eigenvalue weighted by atomic mass is 16.7. The molecule has 0 aliphatic carbocycles. The zero-order valence-corrected chi connectivity index (χ0v) is 9.48. The number of hydrogen-bond donors (Lipinski definition) is 4. The molecule has 0 aromatic carbocycles. The summed E-state index contributed by atoms with van der Waals surface area (Å²) < 4.78 is 10.4. The van der Waals surface area contributed by atoms with Crippen LogP contribution in [-0.2, 0) is 9.47 Å². The first-order chi connectivity index (χ1) is 7.47. The van der Waals surface area contributed by atoms with Gasteiger partial charge in [-0.25, -0.2) is 0 Å². The van der Waals surface area contributed by atoms with E-state index in [1.165, 1.54) is 0 Å². The second kappa shape index (κ2) is 5.90. The van der Waals surface area contributed by atoms with Crippen LogP contribution in [0.3, 0.4) is 0 Å². The van der Waals surface area contributed by atoms with Gasteiger partial charge in [-0.15, -0.1) is 0 Å². The Labute approximate surface area is 94.4 Å². The number of aliphatic hydroxyl groups excluding tert-OH is 4. The van der Waals surface area contributed by atoms with Crippen molar-refractivity contribution >= 4 is 0 Å². The van der Waals surface area contributed by atoms with Crippen LogP contribution in [0.5, 0.6) is 0 Å². The van der Waals surface area contributed by atoms with E-state index >= 15 is 0 Å². The van der Waals surface area contributed by atoms with Gasteiger partial charge < -0.3 is 29.9 Å². The number of aliphatic hydroxyl groups is 4. The summed E-state index contributed by atoms with van der Waals surface area (Å²) in [5.74, 6) is 0.257. The van der Waals surface area contributed by atoms with Crippen LogP contribution < -0.4 is 0 Å². The molecule has 1 saturated heterocycles. The van der Waals surface area contributed by atoms with E-state index in [0.29, 0.717) is 6.61 Å². The highest BCUT2D eigenvalue weighted by Crippen LogP contribution is 2.22. The van der Waals surface area contributed by atoms with Gasteiger partial charge in [0.2, 0.25) is 0 Å². The van der Waals surface area contributed by atoms with Crippen molar-refractivity contribution in [2.45, 2.75) is 44.6 Å². The zero-order valence-electron chi connectivity index (χ0n) is 9.48. The lowest BCUT2D eigenvalue weighted by atomic mass is 9.99. The first-order valence-electron chi connectivity index (χ1n) is 5.39. The molecule has 0 aromatic rings. The molecule has 5 atom stereocenters. The van der Waals surface area contributed by atoms with Crippen LogP contribution in [0.2, 0.25) is 0 Å². The fourth-order valence-corrected chi connectivity index (χ4v) is 1.49. The zero-order chi connectivity index (χ0) is 12.3. The maximum absolute atomic E-state index is 9.59. The summed E-state index contributed by atoms with van der Waals surface area (Å²) in [5, 5.41) is 37.5. The second-order valence-corrected chi connectivity index (χ2v) is 4.42. The third-order valence-corrected chi connectivity index (χ3v) is 2.44. The standard InChI is InChI=1S/C10H20O6/c1-5(2)4-15-10-9(14)8(13)7(12)6(3-11)16-10/h5-14H,3-4H2,1-2H3/t6?,7-,8+,9?,10+/m1/s1. The Balaban J connectivity index is 2.56. The smallest absolute Gasteiger partial charge is 0.186 e. The van der Waals surface area contributed by atoms with Gasteiger partial charge in [0.15, 0.2) is 6.29 Å². The van der Waals surface area contributed by atoms with Crippen LogP contribution >= 0.6 is 0 Å². The fraction of sp³-hybridized carbons (Fsp3) is 1.00. The molecule has 0 radical (unpaired) electrons. The second-order valence-electron chi connectivity index (χ2n) is 4.42. The molecule has 1 fully saturated rings. The molecular formula is C10H20O6. The average molecular weight is 236 g/mol. The monoisotopic (exact) mass is 236 g/mol. The molecule has 4 N–H and O–H groups in total. The molecule has 1 aliphatic heterocycles. The summed E-state index contributed by atoms with van der Waals surface area (Å²) in [6.45, 7) is 3.79. The Morgan fingerprint density at radius 2 is 1.75 bits per heavy atom. The topological polar surface area (TPSA) is 99.4 Å². The molecule has 2 unspecified atom stereocenters. The molecule has 0 spiro atoms. The minimum atomic E-state index is -1.37. The first kappa shape index (κ1) is 13.8. The van der Waals surface area contributed by atoms with E-state index in [0.717, 1.165) is 0 Å². The Kier molecular flexibility index (Phi) is 5.10. The van der Waals surface area contributed by atoms with E-state index in [9.17, 15) is 15.3 Å². The molecule has 1 aliphatic rings. The van der Waals surface area contributed by atoms with E-state index in [1.807, 2.05) is 13.8 Å². The van der Waals surface area contributed by atoms with Crippen molar-refractivity contribution in [3.8, 4) is 0 Å². The van der Waals surface area contributed by atoms with Crippen LogP contribution in [0.15, 0.2) is 0 Å². The maximum Gasteiger partial charge on any atom is 0.186 e. The van der Waals surface area contributed by atoms with Crippen LogP contribution in [0.1, 0.15) is 13.8 Å². The summed E-state index contributed by atoms with van der Waals surface area (Å²) in [6, 6.07) is 0. The SMILES string of the molecule is CC(C)CO[C@H]1OC(CO)[C@@H](O)[C@H](O)C1O. The normalized spacial score (nSPS) is 40.3. The summed E-state index contributed by atoms with van der Waals surface area (Å²) in [7, 11) is 0. The van der Waals surface area contributed by atoms with E-state index in [4.69, 9.17) is 14.6 Å². The van der Waals surface area contributed by atoms with E-state index < -0.39 is 37.3 Å². The maximum atomic E-state index is 9.59. The summed E-state index contributed by atoms with van der Waals surface area (Å²) >= 11 is 0. The Morgan fingerprint density at radius 3 is 2.25 bits per heavy atom. The van der Waals surface area contributed by atoms with E-state index in [-0.39, 0.29) is 5.92 Å². The molecule has 0 amide bonds. The van der Waals surface area contributed by atoms with Crippen LogP contribution in [-0.4, -0.2) is 64.3 Å². The minimum absolute atomic E-state index is 0.257. The van der Waals surface area contributed by atoms with Crippen molar-refractivity contribution in [2.24, 2.45) is 5.92 Å². The number of ether oxygens (including phenoxy) is 2. The number of hydrogen-bond acceptors (Lipinski definition) is 6. The Bertz CT molecular complexity index is 207. The lowest BCUT2D eigenvalue weighted by molar-refractivity contribution is -0.302. The van der Waals surface area contributed by atoms with E-state index in [2.05, 4.69) is 0 Å². The van der Waals surface area contributed by atoms with Crippen molar-refractivity contribution in [3.63, 3.8) is 0 Å². The van der Waals surface area contributed by atoms with Crippen molar-refractivity contribution < 1.29 is 29.9 Å². The fourth-order valence-electron chi connectivity index (χ4n) is 1.49. The predicted octanol–water partition coefficient (Wildman–Crippen LogP) is -1.54. The molecular weight excluding hydrogens is 216 g/mol. The van der Waals surface area contributed by atoms with Crippen molar-refractivity contribution in [1.29, 1.82) is 0 Å². The molecule has 0 bridgehead atoms. The average Bonchev–Trinajstić information content (AvgIpc) is 2.25. The molecule has 16 heavy (non-hydrogen) atoms. The van der Waals surface area contributed by atoms with Gasteiger partial charge in [-0.3, -0.25) is 0 Å². The van der Waals surface area contributed by atoms with Crippen LogP contribution in [0.4, 0.5) is 0 Å². The van der Waals surface area contributed by atoms with Crippen molar-refractivity contribution in [3.05, 3.63) is 0 Å². The van der Waals surface area contributed by atoms with E-state index in [1.54, 1.807) is 0 Å². The first-order valence-corrected chi connectivity index (χ1v) is 5.39. The van der Waals surface area contributed by atoms with Gasteiger partial charge in [0.1, 0.15) is 24.4 Å². The van der Waals surface area contributed by atoms with Gasteiger partial charge in [0.25, 0.3) is 0 Å². The summed E-state index contributed by atoms with van der Waals surface area (Å²) in [6.07, 6.45) is -5.94. The predicted molar refractivity (Wildman–Crippen MR) is 54.6 cm³/mol. The van der Waals surface area contributed by atoms with Gasteiger partial charge in [0.05, 0.1) is 13.2 Å². The van der Waals surface area contributed by atoms with Crippen molar-refractivity contribution in [2.75, 3.05) is 13.2 Å². The molecule has 6 heteroatoms. The van der Waals surface area contributed by atoms with Crippen LogP contribution in [0, 0.1) is 5.92 Å². The molecule has 6 nitrogen and oxygen atoms in total. The highest BCUT2D eigenvalue weighted by molar-refractivity contribution is 4.88. The third-order valence-electron chi connectivity index (χ3n) is 2.44.